The van der Waals surface area contributed by atoms with Crippen LogP contribution in [0.15, 0.2) is 30.3 Å². The van der Waals surface area contributed by atoms with Crippen LogP contribution < -0.4 is 5.73 Å². The van der Waals surface area contributed by atoms with Gasteiger partial charge in [0.05, 0.1) is 0 Å². The van der Waals surface area contributed by atoms with Gasteiger partial charge in [0.25, 0.3) is 0 Å². The predicted octanol–water partition coefficient (Wildman–Crippen LogP) is 0.641. The van der Waals surface area contributed by atoms with Crippen LogP contribution in [0.2, 0.25) is 0 Å². The summed E-state index contributed by atoms with van der Waals surface area (Å²) >= 11 is 0. The summed E-state index contributed by atoms with van der Waals surface area (Å²) in [5.41, 5.74) is 6.30. The Kier molecular flexibility index (Phi) is 2.82. The SMILES string of the molecule is N[11C@@H](Cc1ccccc1)C(=O)O. The molecule has 0 unspecified atom stereocenters. The molecule has 0 heterocycles. The van der Waals surface area contributed by atoms with E-state index in [9.17, 15) is 4.79 Å². The van der Waals surface area contributed by atoms with E-state index in [2.05, 4.69) is 0 Å². The summed E-state index contributed by atoms with van der Waals surface area (Å²) in [6.07, 6.45) is 0.385. The lowest BCUT2D eigenvalue weighted by molar-refractivity contribution is -0.138. The van der Waals surface area contributed by atoms with Crippen molar-refractivity contribution in [1.29, 1.82) is 0 Å². The second-order valence-electron chi connectivity index (χ2n) is 2.63. The average molecular weight is 164 g/mol. The van der Waals surface area contributed by atoms with Crippen molar-refractivity contribution >= 4 is 5.97 Å². The summed E-state index contributed by atoms with van der Waals surface area (Å²) in [6, 6.07) is 8.54. The van der Waals surface area contributed by atoms with Crippen LogP contribution in [-0.2, 0) is 11.2 Å². The Bertz CT molecular complexity index is 258. The lowest BCUT2D eigenvalue weighted by Gasteiger charge is -2.04. The summed E-state index contributed by atoms with van der Waals surface area (Å²) in [7, 11) is 0. The molecule has 0 radical (unpaired) electrons. The minimum Gasteiger partial charge on any atom is -0.480 e. The fourth-order valence-electron chi connectivity index (χ4n) is 0.955. The van der Waals surface area contributed by atoms with Crippen molar-refractivity contribution < 1.29 is 9.90 Å². The summed E-state index contributed by atoms with van der Waals surface area (Å²) in [4.78, 5) is 10.4. The van der Waals surface area contributed by atoms with Crippen molar-refractivity contribution in [3.63, 3.8) is 0 Å². The Hall–Kier alpha value is -1.35. The van der Waals surface area contributed by atoms with Gasteiger partial charge in [-0.2, -0.15) is 0 Å². The highest BCUT2D eigenvalue weighted by molar-refractivity contribution is 5.73. The van der Waals surface area contributed by atoms with Crippen LogP contribution in [0.25, 0.3) is 0 Å². The molecule has 3 heteroatoms. The first-order valence-electron chi connectivity index (χ1n) is 3.72. The van der Waals surface area contributed by atoms with Gasteiger partial charge in [0.15, 0.2) is 0 Å². The maximum Gasteiger partial charge on any atom is 0.320 e. The Morgan fingerprint density at radius 3 is 2.50 bits per heavy atom. The van der Waals surface area contributed by atoms with E-state index in [-0.39, 0.29) is 0 Å². The third-order valence-electron chi connectivity index (χ3n) is 1.62. The first-order chi connectivity index (χ1) is 5.70. The standard InChI is InChI=1S/C9H11NO2/c10-8(9(11)12)6-7-4-2-1-3-5-7/h1-5,8H,6,10H2,(H,11,12)/t8-/m0/s1/i8-1. The Balaban J connectivity index is 2.58. The number of hydrogen-bond acceptors (Lipinski definition) is 2. The highest BCUT2D eigenvalue weighted by atomic mass is 16.4. The summed E-state index contributed by atoms with van der Waals surface area (Å²) in [5, 5.41) is 8.52. The predicted molar refractivity (Wildman–Crippen MR) is 45.8 cm³/mol. The van der Waals surface area contributed by atoms with Gasteiger partial charge >= 0.3 is 5.97 Å². The van der Waals surface area contributed by atoms with Gasteiger partial charge in [-0.3, -0.25) is 4.79 Å². The molecule has 0 amide bonds. The highest BCUT2D eigenvalue weighted by Gasteiger charge is 2.10. The second-order valence-corrected chi connectivity index (χ2v) is 2.63. The number of carboxylic acids is 1. The molecule has 1 rings (SSSR count). The first-order valence-corrected chi connectivity index (χ1v) is 3.72. The first kappa shape index (κ1) is 8.74. The molecule has 0 aliphatic carbocycles. The largest absolute Gasteiger partial charge is 0.480 e. The van der Waals surface area contributed by atoms with Gasteiger partial charge in [-0.25, -0.2) is 0 Å². The molecule has 0 bridgehead atoms. The smallest absolute Gasteiger partial charge is 0.320 e. The number of aliphatic carboxylic acids is 1. The summed E-state index contributed by atoms with van der Waals surface area (Å²) in [5.74, 6) is -0.959. The molecule has 1 atom stereocenters. The lowest BCUT2D eigenvalue weighted by Crippen LogP contribution is -2.32. The van der Waals surface area contributed by atoms with E-state index in [1.165, 1.54) is 0 Å². The van der Waals surface area contributed by atoms with Crippen molar-refractivity contribution in [2.45, 2.75) is 12.5 Å². The van der Waals surface area contributed by atoms with E-state index < -0.39 is 12.0 Å². The number of benzene rings is 1. The van der Waals surface area contributed by atoms with Crippen LogP contribution in [0.1, 0.15) is 5.56 Å². The van der Waals surface area contributed by atoms with Gasteiger partial charge < -0.3 is 10.8 Å². The summed E-state index contributed by atoms with van der Waals surface area (Å²) in [6.45, 7) is 0. The molecule has 0 aromatic heterocycles. The number of rotatable bonds is 3. The molecule has 1 aromatic rings. The van der Waals surface area contributed by atoms with Crippen LogP contribution in [-0.4, -0.2) is 17.1 Å². The molecule has 12 heavy (non-hydrogen) atoms. The van der Waals surface area contributed by atoms with E-state index in [4.69, 9.17) is 10.8 Å². The maximum atomic E-state index is 10.4. The molecule has 3 N–H and O–H groups in total. The quantitative estimate of drug-likeness (QED) is 0.689. The van der Waals surface area contributed by atoms with Crippen LogP contribution in [0, 0.1) is 0 Å². The lowest BCUT2D eigenvalue weighted by atomic mass is 9.70. The minimum absolute atomic E-state index is 0.385. The van der Waals surface area contributed by atoms with E-state index >= 15 is 0 Å². The van der Waals surface area contributed by atoms with Gasteiger partial charge in [-0.1, -0.05) is 30.3 Å². The van der Waals surface area contributed by atoms with Gasteiger partial charge in [0.2, 0.25) is 0 Å². The van der Waals surface area contributed by atoms with Crippen molar-refractivity contribution in [2.24, 2.45) is 5.73 Å². The van der Waals surface area contributed by atoms with Gasteiger partial charge in [0.1, 0.15) is 6.04 Å². The molecule has 0 saturated carbocycles. The van der Waals surface area contributed by atoms with Crippen LogP contribution in [0.3, 0.4) is 0 Å². The van der Waals surface area contributed by atoms with Crippen molar-refractivity contribution in [3.8, 4) is 0 Å². The van der Waals surface area contributed by atoms with E-state index in [0.717, 1.165) is 5.56 Å². The number of carbonyl (C=O) groups is 1. The van der Waals surface area contributed by atoms with Crippen molar-refractivity contribution in [1.82, 2.24) is 0 Å². The molecule has 0 spiro atoms. The molecule has 0 fully saturated rings. The molecule has 1 aromatic carbocycles. The third-order valence-corrected chi connectivity index (χ3v) is 1.62. The van der Waals surface area contributed by atoms with Gasteiger partial charge in [-0.15, -0.1) is 0 Å². The fraction of sp³-hybridized carbons (Fsp3) is 0.222. The molecular formula is C9H11NO2. The topological polar surface area (TPSA) is 63.3 Å². The average Bonchev–Trinajstić information content (AvgIpc) is 2.06. The summed E-state index contributed by atoms with van der Waals surface area (Å²) < 4.78 is 0. The minimum atomic E-state index is -0.959. The van der Waals surface area contributed by atoms with E-state index in [0.29, 0.717) is 6.42 Å². The zero-order chi connectivity index (χ0) is 8.97. The molecular weight excluding hydrogens is 153 g/mol. The van der Waals surface area contributed by atoms with Gasteiger partial charge in [0, 0.05) is 0 Å². The Labute approximate surface area is 70.8 Å². The zero-order valence-electron chi connectivity index (χ0n) is 6.60. The second kappa shape index (κ2) is 3.88. The highest BCUT2D eigenvalue weighted by Crippen LogP contribution is 2.01. The third kappa shape index (κ3) is 2.36. The molecule has 0 aliphatic heterocycles. The van der Waals surface area contributed by atoms with Crippen LogP contribution >= 0.6 is 0 Å². The zero-order valence-corrected chi connectivity index (χ0v) is 6.60. The molecule has 0 saturated heterocycles. The number of carboxylic acid groups (broad SMARTS) is 1. The molecule has 0 aliphatic rings. The van der Waals surface area contributed by atoms with Crippen LogP contribution in [0.5, 0.6) is 0 Å². The maximum absolute atomic E-state index is 10.4. The Morgan fingerprint density at radius 2 is 2.00 bits per heavy atom. The van der Waals surface area contributed by atoms with E-state index in [1.807, 2.05) is 30.3 Å². The Morgan fingerprint density at radius 1 is 1.42 bits per heavy atom. The van der Waals surface area contributed by atoms with E-state index in [1.54, 1.807) is 0 Å². The van der Waals surface area contributed by atoms with Crippen LogP contribution in [0.4, 0.5) is 0 Å². The fourth-order valence-corrected chi connectivity index (χ4v) is 0.955. The molecule has 3 nitrogen and oxygen atoms in total. The van der Waals surface area contributed by atoms with Crippen molar-refractivity contribution in [2.75, 3.05) is 0 Å². The number of hydrogen-bond donors (Lipinski definition) is 2. The van der Waals surface area contributed by atoms with Crippen molar-refractivity contribution in [3.05, 3.63) is 35.9 Å². The normalized spacial score (nSPS) is 12.4. The van der Waals surface area contributed by atoms with Gasteiger partial charge in [-0.05, 0) is 12.0 Å². The monoisotopic (exact) mass is 164 g/mol. The number of nitrogens with two attached hydrogens (primary N) is 1. The molecule has 64 valence electrons.